The van der Waals surface area contributed by atoms with Gasteiger partial charge in [-0.2, -0.15) is 4.31 Å². The van der Waals surface area contributed by atoms with E-state index in [9.17, 15) is 18.0 Å². The number of aryl methyl sites for hydroxylation is 1. The molecule has 6 nitrogen and oxygen atoms in total. The Morgan fingerprint density at radius 1 is 1.11 bits per heavy atom. The maximum Gasteiger partial charge on any atom is 0.244 e. The average molecular weight is 268 g/mol. The van der Waals surface area contributed by atoms with Gasteiger partial charge in [0, 0.05) is 0 Å². The Kier molecular flexibility index (Phi) is 3.18. The smallest absolute Gasteiger partial charge is 0.244 e. The maximum atomic E-state index is 12.3. The number of benzene rings is 1. The third-order valence-corrected chi connectivity index (χ3v) is 4.58. The molecule has 2 amide bonds. The Labute approximate surface area is 105 Å². The van der Waals surface area contributed by atoms with Crippen molar-refractivity contribution in [1.82, 2.24) is 9.62 Å². The van der Waals surface area contributed by atoms with Crippen LogP contribution in [0.5, 0.6) is 0 Å². The van der Waals surface area contributed by atoms with Crippen molar-refractivity contribution in [1.29, 1.82) is 0 Å². The van der Waals surface area contributed by atoms with Crippen LogP contribution in [-0.4, -0.2) is 37.6 Å². The van der Waals surface area contributed by atoms with E-state index in [2.05, 4.69) is 5.32 Å². The normalized spacial score (nSPS) is 17.6. The second kappa shape index (κ2) is 4.51. The second-order valence-electron chi connectivity index (χ2n) is 4.01. The SMILES string of the molecule is Cc1ccccc1S(=O)(=O)N1CC(=O)NC(=O)C1. The largest absolute Gasteiger partial charge is 0.294 e. The molecule has 0 spiro atoms. The molecule has 7 heteroatoms. The Morgan fingerprint density at radius 2 is 1.67 bits per heavy atom. The Morgan fingerprint density at radius 3 is 2.22 bits per heavy atom. The van der Waals surface area contributed by atoms with Crippen molar-refractivity contribution in [2.24, 2.45) is 0 Å². The lowest BCUT2D eigenvalue weighted by Gasteiger charge is -2.25. The fourth-order valence-corrected chi connectivity index (χ4v) is 3.34. The van der Waals surface area contributed by atoms with Gasteiger partial charge in [0.15, 0.2) is 0 Å². The molecule has 0 atom stereocenters. The molecule has 1 N–H and O–H groups in total. The van der Waals surface area contributed by atoms with Crippen LogP contribution < -0.4 is 5.32 Å². The molecular formula is C11H12N2O4S. The summed E-state index contributed by atoms with van der Waals surface area (Å²) in [5, 5.41) is 2.06. The Balaban J connectivity index is 2.40. The van der Waals surface area contributed by atoms with Gasteiger partial charge in [0.1, 0.15) is 0 Å². The van der Waals surface area contributed by atoms with E-state index in [0.717, 1.165) is 4.31 Å². The fraction of sp³-hybridized carbons (Fsp3) is 0.273. The maximum absolute atomic E-state index is 12.3. The second-order valence-corrected chi connectivity index (χ2v) is 5.92. The Bertz CT molecular complexity index is 593. The first-order valence-electron chi connectivity index (χ1n) is 5.30. The molecule has 1 aromatic rings. The fourth-order valence-electron chi connectivity index (χ4n) is 1.77. The zero-order chi connectivity index (χ0) is 13.3. The molecular weight excluding hydrogens is 256 g/mol. The first-order valence-corrected chi connectivity index (χ1v) is 6.74. The number of sulfonamides is 1. The van der Waals surface area contributed by atoms with Crippen molar-refractivity contribution in [3.05, 3.63) is 29.8 Å². The van der Waals surface area contributed by atoms with Gasteiger partial charge in [0.25, 0.3) is 0 Å². The van der Waals surface area contributed by atoms with Gasteiger partial charge in [-0.25, -0.2) is 8.42 Å². The van der Waals surface area contributed by atoms with E-state index in [1.165, 1.54) is 6.07 Å². The topological polar surface area (TPSA) is 83.6 Å². The lowest BCUT2D eigenvalue weighted by Crippen LogP contribution is -2.53. The molecule has 0 bridgehead atoms. The van der Waals surface area contributed by atoms with Crippen molar-refractivity contribution in [2.75, 3.05) is 13.1 Å². The summed E-state index contributed by atoms with van der Waals surface area (Å²) in [6, 6.07) is 6.45. The van der Waals surface area contributed by atoms with Crippen molar-refractivity contribution in [3.8, 4) is 0 Å². The molecule has 1 saturated heterocycles. The number of hydrogen-bond donors (Lipinski definition) is 1. The van der Waals surface area contributed by atoms with Gasteiger partial charge in [-0.1, -0.05) is 18.2 Å². The summed E-state index contributed by atoms with van der Waals surface area (Å²) in [5.74, 6) is -1.22. The number of imide groups is 1. The summed E-state index contributed by atoms with van der Waals surface area (Å²) in [6.07, 6.45) is 0. The zero-order valence-corrected chi connectivity index (χ0v) is 10.5. The molecule has 1 aromatic carbocycles. The quantitative estimate of drug-likeness (QED) is 0.743. The van der Waals surface area contributed by atoms with Gasteiger partial charge < -0.3 is 0 Å². The highest BCUT2D eigenvalue weighted by Crippen LogP contribution is 2.19. The van der Waals surface area contributed by atoms with E-state index in [-0.39, 0.29) is 18.0 Å². The van der Waals surface area contributed by atoms with Crippen LogP contribution in [0.1, 0.15) is 5.56 Å². The van der Waals surface area contributed by atoms with E-state index >= 15 is 0 Å². The van der Waals surface area contributed by atoms with Crippen molar-refractivity contribution in [2.45, 2.75) is 11.8 Å². The predicted molar refractivity (Wildman–Crippen MR) is 63.1 cm³/mol. The summed E-state index contributed by atoms with van der Waals surface area (Å²) >= 11 is 0. The van der Waals surface area contributed by atoms with Crippen LogP contribution in [0.25, 0.3) is 0 Å². The molecule has 0 radical (unpaired) electrons. The number of nitrogens with one attached hydrogen (secondary N) is 1. The first-order chi connectivity index (χ1) is 8.41. The van der Waals surface area contributed by atoms with E-state index < -0.39 is 21.8 Å². The van der Waals surface area contributed by atoms with Crippen LogP contribution in [0.4, 0.5) is 0 Å². The number of hydrogen-bond acceptors (Lipinski definition) is 4. The summed E-state index contributed by atoms with van der Waals surface area (Å²) in [6.45, 7) is 1.00. The molecule has 0 unspecified atom stereocenters. The highest BCUT2D eigenvalue weighted by atomic mass is 32.2. The standard InChI is InChI=1S/C11H12N2O4S/c1-8-4-2-3-5-9(8)18(16,17)13-6-10(14)12-11(15)7-13/h2-5H,6-7H2,1H3,(H,12,14,15). The van der Waals surface area contributed by atoms with Crippen molar-refractivity contribution >= 4 is 21.8 Å². The number of amides is 2. The molecule has 0 aromatic heterocycles. The first kappa shape index (κ1) is 12.7. The average Bonchev–Trinajstić information content (AvgIpc) is 2.28. The van der Waals surface area contributed by atoms with E-state index in [1.54, 1.807) is 25.1 Å². The van der Waals surface area contributed by atoms with Gasteiger partial charge in [-0.3, -0.25) is 14.9 Å². The number of carbonyl (C=O) groups excluding carboxylic acids is 2. The minimum absolute atomic E-state index is 0.118. The third-order valence-electron chi connectivity index (χ3n) is 2.63. The van der Waals surface area contributed by atoms with Crippen LogP contribution in [0.3, 0.4) is 0 Å². The van der Waals surface area contributed by atoms with Crippen LogP contribution in [0.15, 0.2) is 29.2 Å². The van der Waals surface area contributed by atoms with Crippen LogP contribution in [0, 0.1) is 6.92 Å². The lowest BCUT2D eigenvalue weighted by atomic mass is 10.2. The van der Waals surface area contributed by atoms with E-state index in [1.807, 2.05) is 0 Å². The number of carbonyl (C=O) groups is 2. The van der Waals surface area contributed by atoms with E-state index in [4.69, 9.17) is 0 Å². The van der Waals surface area contributed by atoms with Gasteiger partial charge in [-0.05, 0) is 18.6 Å². The summed E-state index contributed by atoms with van der Waals surface area (Å²) < 4.78 is 25.5. The minimum atomic E-state index is -3.81. The van der Waals surface area contributed by atoms with Gasteiger partial charge >= 0.3 is 0 Å². The molecule has 18 heavy (non-hydrogen) atoms. The summed E-state index contributed by atoms with van der Waals surface area (Å²) in [7, 11) is -3.81. The molecule has 96 valence electrons. The molecule has 2 rings (SSSR count). The van der Waals surface area contributed by atoms with Gasteiger partial charge in [0.05, 0.1) is 18.0 Å². The molecule has 0 aliphatic carbocycles. The number of rotatable bonds is 2. The lowest BCUT2D eigenvalue weighted by molar-refractivity contribution is -0.134. The molecule has 0 saturated carbocycles. The van der Waals surface area contributed by atoms with Crippen LogP contribution >= 0.6 is 0 Å². The molecule has 1 aliphatic rings. The highest BCUT2D eigenvalue weighted by molar-refractivity contribution is 7.89. The number of nitrogens with zero attached hydrogens (tertiary/aromatic N) is 1. The minimum Gasteiger partial charge on any atom is -0.294 e. The van der Waals surface area contributed by atoms with E-state index in [0.29, 0.717) is 5.56 Å². The molecule has 1 aliphatic heterocycles. The van der Waals surface area contributed by atoms with Gasteiger partial charge in [0.2, 0.25) is 21.8 Å². The predicted octanol–water partition coefficient (Wildman–Crippen LogP) is -0.358. The molecule has 1 fully saturated rings. The summed E-state index contributed by atoms with van der Waals surface area (Å²) in [5.41, 5.74) is 0.580. The zero-order valence-electron chi connectivity index (χ0n) is 9.71. The van der Waals surface area contributed by atoms with Crippen LogP contribution in [-0.2, 0) is 19.6 Å². The van der Waals surface area contributed by atoms with Crippen molar-refractivity contribution in [3.63, 3.8) is 0 Å². The third kappa shape index (κ3) is 2.27. The Hall–Kier alpha value is -1.73. The summed E-state index contributed by atoms with van der Waals surface area (Å²) in [4.78, 5) is 22.5. The van der Waals surface area contributed by atoms with Gasteiger partial charge in [-0.15, -0.1) is 0 Å². The monoisotopic (exact) mass is 268 g/mol. The van der Waals surface area contributed by atoms with Crippen molar-refractivity contribution < 1.29 is 18.0 Å². The number of piperazine rings is 1. The molecule has 1 heterocycles. The van der Waals surface area contributed by atoms with Crippen LogP contribution in [0.2, 0.25) is 0 Å². The highest BCUT2D eigenvalue weighted by Gasteiger charge is 2.33.